The highest BCUT2D eigenvalue weighted by molar-refractivity contribution is 4.92. The van der Waals surface area contributed by atoms with Crippen LogP contribution in [0.2, 0.25) is 0 Å². The summed E-state index contributed by atoms with van der Waals surface area (Å²) in [5.74, 6) is 0.405. The van der Waals surface area contributed by atoms with Crippen LogP contribution in [0.3, 0.4) is 0 Å². The zero-order valence-corrected chi connectivity index (χ0v) is 9.66. The average Bonchev–Trinajstić information content (AvgIpc) is 2.66. The topological polar surface area (TPSA) is 33.1 Å². The third-order valence-electron chi connectivity index (χ3n) is 2.34. The van der Waals surface area contributed by atoms with Crippen LogP contribution in [0.25, 0.3) is 0 Å². The van der Waals surface area contributed by atoms with Gasteiger partial charge in [0, 0.05) is 12.4 Å². The highest BCUT2D eigenvalue weighted by Crippen LogP contribution is 2.13. The summed E-state index contributed by atoms with van der Waals surface area (Å²) in [4.78, 5) is 5.92. The Bertz CT molecular complexity index is 301. The van der Waals surface area contributed by atoms with Gasteiger partial charge in [0.05, 0.1) is 6.54 Å². The summed E-state index contributed by atoms with van der Waals surface area (Å²) in [7, 11) is 3.80. The molecule has 0 aliphatic rings. The minimum Gasteiger partial charge on any atom is -0.320 e. The van der Waals surface area contributed by atoms with Crippen LogP contribution >= 0.6 is 0 Å². The molecule has 0 saturated carbocycles. The number of imidazole rings is 1. The summed E-state index contributed by atoms with van der Waals surface area (Å²) >= 11 is 0. The lowest BCUT2D eigenvalue weighted by Gasteiger charge is -2.16. The van der Waals surface area contributed by atoms with Gasteiger partial charge in [0.25, 0.3) is 0 Å². The van der Waals surface area contributed by atoms with Gasteiger partial charge < -0.3 is 5.32 Å². The normalized spacial score (nSPS) is 11.6. The van der Waals surface area contributed by atoms with Crippen LogP contribution in [0.1, 0.15) is 18.8 Å². The number of hydrogen-bond acceptors (Lipinski definition) is 3. The second-order valence-corrected chi connectivity index (χ2v) is 3.72. The first-order valence-electron chi connectivity index (χ1n) is 5.28. The molecule has 0 aliphatic heterocycles. The van der Waals surface area contributed by atoms with Gasteiger partial charge in [-0.1, -0.05) is 0 Å². The minimum absolute atomic E-state index is 0.405. The molecule has 0 atom stereocenters. The number of alkyl halides is 2. The number of aromatic nitrogens is 2. The maximum Gasteiger partial charge on any atom is 0.319 e. The first-order valence-corrected chi connectivity index (χ1v) is 5.28. The third kappa shape index (κ3) is 3.86. The molecular weight excluding hydrogens is 214 g/mol. The van der Waals surface area contributed by atoms with Crippen molar-refractivity contribution in [3.8, 4) is 0 Å². The minimum atomic E-state index is -2.51. The maximum absolute atomic E-state index is 12.5. The third-order valence-corrected chi connectivity index (χ3v) is 2.34. The summed E-state index contributed by atoms with van der Waals surface area (Å²) in [5, 5.41) is 3.04. The highest BCUT2D eigenvalue weighted by atomic mass is 19.3. The highest BCUT2D eigenvalue weighted by Gasteiger charge is 2.12. The van der Waals surface area contributed by atoms with Crippen LogP contribution < -0.4 is 5.32 Å². The molecule has 1 aromatic heterocycles. The van der Waals surface area contributed by atoms with Crippen LogP contribution in [0, 0.1) is 0 Å². The monoisotopic (exact) mass is 232 g/mol. The van der Waals surface area contributed by atoms with E-state index in [1.54, 1.807) is 0 Å². The SMILES string of the molecule is CNCCCN(C)Cc1nccn1C(F)F. The van der Waals surface area contributed by atoms with Gasteiger partial charge in [-0.2, -0.15) is 8.78 Å². The van der Waals surface area contributed by atoms with Crippen LogP contribution in [-0.2, 0) is 6.54 Å². The Morgan fingerprint density at radius 2 is 2.31 bits per heavy atom. The fraction of sp³-hybridized carbons (Fsp3) is 0.700. The van der Waals surface area contributed by atoms with E-state index in [1.807, 2.05) is 19.0 Å². The van der Waals surface area contributed by atoms with Crippen molar-refractivity contribution in [3.63, 3.8) is 0 Å². The van der Waals surface area contributed by atoms with Gasteiger partial charge in [-0.25, -0.2) is 4.98 Å². The van der Waals surface area contributed by atoms with E-state index >= 15 is 0 Å². The number of halogens is 2. The molecule has 0 unspecified atom stereocenters. The summed E-state index contributed by atoms with van der Waals surface area (Å²) in [6.45, 7) is -0.283. The predicted octanol–water partition coefficient (Wildman–Crippen LogP) is 1.32. The average molecular weight is 232 g/mol. The number of nitrogens with one attached hydrogen (secondary N) is 1. The predicted molar refractivity (Wildman–Crippen MR) is 58.4 cm³/mol. The van der Waals surface area contributed by atoms with Gasteiger partial charge >= 0.3 is 6.55 Å². The maximum atomic E-state index is 12.5. The van der Waals surface area contributed by atoms with Gasteiger partial charge in [-0.3, -0.25) is 9.47 Å². The fourth-order valence-electron chi connectivity index (χ4n) is 1.49. The number of nitrogens with zero attached hydrogens (tertiary/aromatic N) is 3. The molecule has 0 spiro atoms. The largest absolute Gasteiger partial charge is 0.320 e. The molecule has 92 valence electrons. The van der Waals surface area contributed by atoms with E-state index in [0.717, 1.165) is 24.1 Å². The lowest BCUT2D eigenvalue weighted by molar-refractivity contribution is 0.0646. The van der Waals surface area contributed by atoms with E-state index in [0.29, 0.717) is 12.4 Å². The lowest BCUT2D eigenvalue weighted by Crippen LogP contribution is -2.24. The Balaban J connectivity index is 2.43. The summed E-state index contributed by atoms with van der Waals surface area (Å²) in [6, 6.07) is 0. The smallest absolute Gasteiger partial charge is 0.319 e. The van der Waals surface area contributed by atoms with Crippen molar-refractivity contribution in [2.45, 2.75) is 19.5 Å². The zero-order chi connectivity index (χ0) is 12.0. The number of rotatable bonds is 7. The Hall–Kier alpha value is -1.01. The Morgan fingerprint density at radius 1 is 1.56 bits per heavy atom. The summed E-state index contributed by atoms with van der Waals surface area (Å²) in [6.07, 6.45) is 3.70. The van der Waals surface area contributed by atoms with E-state index in [1.165, 1.54) is 12.4 Å². The van der Waals surface area contributed by atoms with Gasteiger partial charge in [0.2, 0.25) is 0 Å². The van der Waals surface area contributed by atoms with Crippen molar-refractivity contribution in [3.05, 3.63) is 18.2 Å². The second kappa shape index (κ2) is 6.55. The van der Waals surface area contributed by atoms with Gasteiger partial charge in [0.15, 0.2) is 0 Å². The molecule has 1 heterocycles. The van der Waals surface area contributed by atoms with Crippen LogP contribution in [-0.4, -0.2) is 41.6 Å². The fourth-order valence-corrected chi connectivity index (χ4v) is 1.49. The summed E-state index contributed by atoms with van der Waals surface area (Å²) in [5.41, 5.74) is 0. The molecule has 1 rings (SSSR count). The lowest BCUT2D eigenvalue weighted by atomic mass is 10.4. The van der Waals surface area contributed by atoms with Crippen molar-refractivity contribution < 1.29 is 8.78 Å². The quantitative estimate of drug-likeness (QED) is 0.720. The van der Waals surface area contributed by atoms with Crippen molar-refractivity contribution in [1.29, 1.82) is 0 Å². The van der Waals surface area contributed by atoms with Crippen molar-refractivity contribution in [1.82, 2.24) is 19.8 Å². The van der Waals surface area contributed by atoms with E-state index in [4.69, 9.17) is 0 Å². The van der Waals surface area contributed by atoms with Gasteiger partial charge in [-0.15, -0.1) is 0 Å². The first-order chi connectivity index (χ1) is 7.65. The van der Waals surface area contributed by atoms with Crippen molar-refractivity contribution in [2.24, 2.45) is 0 Å². The molecule has 6 heteroatoms. The molecule has 0 aromatic carbocycles. The molecule has 4 nitrogen and oxygen atoms in total. The molecule has 0 amide bonds. The van der Waals surface area contributed by atoms with Gasteiger partial charge in [0.1, 0.15) is 5.82 Å². The molecule has 1 N–H and O–H groups in total. The van der Waals surface area contributed by atoms with Gasteiger partial charge in [-0.05, 0) is 33.6 Å². The standard InChI is InChI=1S/C10H18F2N4/c1-13-4-3-6-15(2)8-9-14-5-7-16(9)10(11)12/h5,7,10,13H,3-4,6,8H2,1-2H3. The van der Waals surface area contributed by atoms with Crippen LogP contribution in [0.5, 0.6) is 0 Å². The number of hydrogen-bond donors (Lipinski definition) is 1. The molecule has 0 aliphatic carbocycles. The van der Waals surface area contributed by atoms with Crippen molar-refractivity contribution >= 4 is 0 Å². The molecule has 0 saturated heterocycles. The Labute approximate surface area is 94.3 Å². The van der Waals surface area contributed by atoms with Crippen molar-refractivity contribution in [2.75, 3.05) is 27.2 Å². The summed E-state index contributed by atoms with van der Waals surface area (Å²) < 4.78 is 25.9. The van der Waals surface area contributed by atoms with E-state index in [9.17, 15) is 8.78 Å². The molecule has 1 aromatic rings. The van der Waals surface area contributed by atoms with Crippen LogP contribution in [0.15, 0.2) is 12.4 Å². The first kappa shape index (κ1) is 13.1. The molecular formula is C10H18F2N4. The molecule has 16 heavy (non-hydrogen) atoms. The molecule has 0 radical (unpaired) electrons. The Morgan fingerprint density at radius 3 is 2.94 bits per heavy atom. The van der Waals surface area contributed by atoms with Crippen LogP contribution in [0.4, 0.5) is 8.78 Å². The Kier molecular flexibility index (Phi) is 5.34. The molecule has 0 fully saturated rings. The molecule has 0 bridgehead atoms. The van der Waals surface area contributed by atoms with E-state index < -0.39 is 6.55 Å². The van der Waals surface area contributed by atoms with E-state index in [2.05, 4.69) is 10.3 Å². The second-order valence-electron chi connectivity index (χ2n) is 3.72. The van der Waals surface area contributed by atoms with E-state index in [-0.39, 0.29) is 0 Å². The zero-order valence-electron chi connectivity index (χ0n) is 9.66.